The van der Waals surface area contributed by atoms with Crippen LogP contribution in [0.15, 0.2) is 36.5 Å². The number of carbonyl (C=O) groups is 2. The molecule has 1 aromatic heterocycles. The number of piperazine rings is 1. The fraction of sp³-hybridized carbons (Fsp3) is 0.214. The van der Waals surface area contributed by atoms with E-state index in [4.69, 9.17) is 0 Å². The second-order valence-corrected chi connectivity index (χ2v) is 4.46. The van der Waals surface area contributed by atoms with Crippen LogP contribution in [-0.2, 0) is 4.79 Å². The number of nitrogens with zero attached hydrogens (tertiary/aromatic N) is 2. The van der Waals surface area contributed by atoms with Gasteiger partial charge in [-0.1, -0.05) is 24.3 Å². The minimum Gasteiger partial charge on any atom is -0.353 e. The first-order valence-electron chi connectivity index (χ1n) is 6.15. The number of hydrogen-bond acceptors (Lipinski definition) is 3. The molecule has 2 amide bonds. The van der Waals surface area contributed by atoms with E-state index < -0.39 is 0 Å². The zero-order valence-electron chi connectivity index (χ0n) is 10.3. The van der Waals surface area contributed by atoms with E-state index in [0.29, 0.717) is 18.8 Å². The van der Waals surface area contributed by atoms with Gasteiger partial charge in [0.1, 0.15) is 5.69 Å². The highest BCUT2D eigenvalue weighted by Gasteiger charge is 2.24. The molecule has 1 fully saturated rings. The molecule has 96 valence electrons. The lowest BCUT2D eigenvalue weighted by molar-refractivity contribution is -0.123. The maximum absolute atomic E-state index is 12.4. The molecule has 1 saturated heterocycles. The van der Waals surface area contributed by atoms with Gasteiger partial charge in [0.05, 0.1) is 6.54 Å². The lowest BCUT2D eigenvalue weighted by atomic mass is 10.1. The SMILES string of the molecule is O=C1CN(C(=O)c2nccc3ccccc23)CCN1. The quantitative estimate of drug-likeness (QED) is 0.820. The minimum atomic E-state index is -0.188. The summed E-state index contributed by atoms with van der Waals surface area (Å²) in [4.78, 5) is 29.5. The van der Waals surface area contributed by atoms with Crippen LogP contribution in [-0.4, -0.2) is 41.3 Å². The van der Waals surface area contributed by atoms with Gasteiger partial charge in [-0.25, -0.2) is 0 Å². The maximum atomic E-state index is 12.4. The normalized spacial score (nSPS) is 15.4. The number of amides is 2. The van der Waals surface area contributed by atoms with Crippen molar-refractivity contribution < 1.29 is 9.59 Å². The van der Waals surface area contributed by atoms with Crippen molar-refractivity contribution in [1.29, 1.82) is 0 Å². The average molecular weight is 255 g/mol. The van der Waals surface area contributed by atoms with E-state index in [-0.39, 0.29) is 18.4 Å². The van der Waals surface area contributed by atoms with Crippen LogP contribution in [0.1, 0.15) is 10.5 Å². The molecule has 2 aromatic rings. The van der Waals surface area contributed by atoms with Crippen LogP contribution in [0.4, 0.5) is 0 Å². The number of aromatic nitrogens is 1. The summed E-state index contributed by atoms with van der Waals surface area (Å²) in [5.41, 5.74) is 0.410. The highest BCUT2D eigenvalue weighted by molar-refractivity contribution is 6.06. The molecule has 0 unspecified atom stereocenters. The van der Waals surface area contributed by atoms with Gasteiger partial charge in [-0.3, -0.25) is 14.6 Å². The van der Waals surface area contributed by atoms with Crippen LogP contribution >= 0.6 is 0 Å². The number of nitrogens with one attached hydrogen (secondary N) is 1. The summed E-state index contributed by atoms with van der Waals surface area (Å²) in [5.74, 6) is -0.313. The first-order chi connectivity index (χ1) is 9.25. The second kappa shape index (κ2) is 4.68. The Bertz CT molecular complexity index is 649. The van der Waals surface area contributed by atoms with Crippen molar-refractivity contribution in [2.75, 3.05) is 19.6 Å². The third-order valence-corrected chi connectivity index (χ3v) is 3.20. The van der Waals surface area contributed by atoms with Gasteiger partial charge in [0, 0.05) is 24.7 Å². The number of rotatable bonds is 1. The largest absolute Gasteiger partial charge is 0.353 e. The standard InChI is InChI=1S/C14H13N3O2/c18-12-9-17(8-7-15-12)14(19)13-11-4-2-1-3-10(11)5-6-16-13/h1-6H,7-9H2,(H,15,18). The molecule has 0 bridgehead atoms. The Labute approximate surface area is 110 Å². The third-order valence-electron chi connectivity index (χ3n) is 3.20. The Kier molecular flexibility index (Phi) is 2.87. The Morgan fingerprint density at radius 1 is 1.26 bits per heavy atom. The van der Waals surface area contributed by atoms with Crippen molar-refractivity contribution in [1.82, 2.24) is 15.2 Å². The molecule has 5 nitrogen and oxygen atoms in total. The second-order valence-electron chi connectivity index (χ2n) is 4.46. The van der Waals surface area contributed by atoms with Crippen molar-refractivity contribution >= 4 is 22.6 Å². The maximum Gasteiger partial charge on any atom is 0.273 e. The van der Waals surface area contributed by atoms with Crippen LogP contribution in [0, 0.1) is 0 Å². The van der Waals surface area contributed by atoms with Gasteiger partial charge >= 0.3 is 0 Å². The van der Waals surface area contributed by atoms with Crippen LogP contribution in [0.25, 0.3) is 10.8 Å². The van der Waals surface area contributed by atoms with Crippen molar-refractivity contribution in [3.05, 3.63) is 42.2 Å². The van der Waals surface area contributed by atoms with Crippen molar-refractivity contribution in [2.45, 2.75) is 0 Å². The van der Waals surface area contributed by atoms with Crippen molar-refractivity contribution in [3.8, 4) is 0 Å². The summed E-state index contributed by atoms with van der Waals surface area (Å²) < 4.78 is 0. The molecule has 5 heteroatoms. The zero-order chi connectivity index (χ0) is 13.2. The molecule has 0 atom stereocenters. The van der Waals surface area contributed by atoms with Crippen LogP contribution in [0.2, 0.25) is 0 Å². The predicted molar refractivity (Wildman–Crippen MR) is 70.7 cm³/mol. The molecular formula is C14H13N3O2. The fourth-order valence-electron chi connectivity index (χ4n) is 2.25. The van der Waals surface area contributed by atoms with Gasteiger partial charge in [0.15, 0.2) is 0 Å². The number of carbonyl (C=O) groups excluding carboxylic acids is 2. The number of pyridine rings is 1. The molecule has 19 heavy (non-hydrogen) atoms. The highest BCUT2D eigenvalue weighted by Crippen LogP contribution is 2.18. The molecule has 1 aliphatic heterocycles. The Hall–Kier alpha value is -2.43. The van der Waals surface area contributed by atoms with E-state index in [1.54, 1.807) is 6.20 Å². The van der Waals surface area contributed by atoms with Gasteiger partial charge in [0.2, 0.25) is 5.91 Å². The summed E-state index contributed by atoms with van der Waals surface area (Å²) >= 11 is 0. The van der Waals surface area contributed by atoms with E-state index in [1.165, 1.54) is 4.90 Å². The van der Waals surface area contributed by atoms with E-state index in [1.807, 2.05) is 30.3 Å². The van der Waals surface area contributed by atoms with Gasteiger partial charge < -0.3 is 10.2 Å². The summed E-state index contributed by atoms with van der Waals surface area (Å²) in [6, 6.07) is 9.49. The van der Waals surface area contributed by atoms with Crippen molar-refractivity contribution in [2.24, 2.45) is 0 Å². The molecular weight excluding hydrogens is 242 g/mol. The van der Waals surface area contributed by atoms with Crippen LogP contribution < -0.4 is 5.32 Å². The summed E-state index contributed by atoms with van der Waals surface area (Å²) in [6.07, 6.45) is 1.62. The smallest absolute Gasteiger partial charge is 0.273 e. The lowest BCUT2D eigenvalue weighted by Crippen LogP contribution is -2.50. The van der Waals surface area contributed by atoms with Crippen LogP contribution in [0.5, 0.6) is 0 Å². The Morgan fingerprint density at radius 3 is 2.95 bits per heavy atom. The molecule has 0 spiro atoms. The molecule has 0 aliphatic carbocycles. The topological polar surface area (TPSA) is 62.3 Å². The third kappa shape index (κ3) is 2.14. The molecule has 3 rings (SSSR count). The lowest BCUT2D eigenvalue weighted by Gasteiger charge is -2.26. The Morgan fingerprint density at radius 2 is 2.11 bits per heavy atom. The van der Waals surface area contributed by atoms with Crippen molar-refractivity contribution in [3.63, 3.8) is 0 Å². The van der Waals surface area contributed by atoms with Gasteiger partial charge in [-0.2, -0.15) is 0 Å². The van der Waals surface area contributed by atoms with E-state index in [0.717, 1.165) is 10.8 Å². The molecule has 1 aromatic carbocycles. The van der Waals surface area contributed by atoms with Gasteiger partial charge in [-0.15, -0.1) is 0 Å². The monoisotopic (exact) mass is 255 g/mol. The van der Waals surface area contributed by atoms with E-state index in [9.17, 15) is 9.59 Å². The molecule has 1 aliphatic rings. The highest BCUT2D eigenvalue weighted by atomic mass is 16.2. The minimum absolute atomic E-state index is 0.101. The summed E-state index contributed by atoms with van der Waals surface area (Å²) in [7, 11) is 0. The average Bonchev–Trinajstić information content (AvgIpc) is 2.46. The van der Waals surface area contributed by atoms with Gasteiger partial charge in [-0.05, 0) is 11.5 Å². The first kappa shape index (κ1) is 11.6. The van der Waals surface area contributed by atoms with E-state index in [2.05, 4.69) is 10.3 Å². The first-order valence-corrected chi connectivity index (χ1v) is 6.15. The zero-order valence-corrected chi connectivity index (χ0v) is 10.3. The Balaban J connectivity index is 1.99. The number of hydrogen-bond donors (Lipinski definition) is 1. The number of benzene rings is 1. The predicted octanol–water partition coefficient (Wildman–Crippen LogP) is 0.807. The van der Waals surface area contributed by atoms with Gasteiger partial charge in [0.25, 0.3) is 5.91 Å². The van der Waals surface area contributed by atoms with Crippen LogP contribution in [0.3, 0.4) is 0 Å². The molecule has 0 saturated carbocycles. The summed E-state index contributed by atoms with van der Waals surface area (Å²) in [5, 5.41) is 4.50. The molecule has 2 heterocycles. The van der Waals surface area contributed by atoms with E-state index >= 15 is 0 Å². The summed E-state index contributed by atoms with van der Waals surface area (Å²) in [6.45, 7) is 1.12. The molecule has 0 radical (unpaired) electrons. The number of fused-ring (bicyclic) bond motifs is 1. The fourth-order valence-corrected chi connectivity index (χ4v) is 2.25. The molecule has 1 N–H and O–H groups in total.